The second-order valence-electron chi connectivity index (χ2n) is 5.56. The number of aliphatic hydroxyl groups is 1. The lowest BCUT2D eigenvalue weighted by molar-refractivity contribution is -0.0138. The van der Waals surface area contributed by atoms with E-state index in [-0.39, 0.29) is 12.3 Å². The summed E-state index contributed by atoms with van der Waals surface area (Å²) >= 11 is 5.79. The Balaban J connectivity index is 1.78. The number of hydrogen-bond donors (Lipinski definition) is 2. The minimum absolute atomic E-state index is 0.0122. The molecule has 0 aliphatic carbocycles. The van der Waals surface area contributed by atoms with Gasteiger partial charge in [-0.2, -0.15) is 0 Å². The number of rotatable bonds is 5. The number of carbonyl (C=O) groups is 1. The van der Waals surface area contributed by atoms with Crippen LogP contribution in [0.15, 0.2) is 24.3 Å². The summed E-state index contributed by atoms with van der Waals surface area (Å²) in [6.45, 7) is 2.48. The molecule has 0 radical (unpaired) electrons. The van der Waals surface area contributed by atoms with Crippen LogP contribution in [0.4, 0.5) is 0 Å². The van der Waals surface area contributed by atoms with Crippen LogP contribution in [0.2, 0.25) is 5.02 Å². The van der Waals surface area contributed by atoms with Gasteiger partial charge >= 0.3 is 0 Å². The topological polar surface area (TPSA) is 52.6 Å². The number of piperidine rings is 1. The molecule has 0 spiro atoms. The van der Waals surface area contributed by atoms with Crippen molar-refractivity contribution in [2.24, 2.45) is 0 Å². The van der Waals surface area contributed by atoms with Gasteiger partial charge in [0.05, 0.1) is 12.1 Å². The highest BCUT2D eigenvalue weighted by molar-refractivity contribution is 6.30. The number of benzene rings is 1. The molecule has 0 unspecified atom stereocenters. The zero-order valence-corrected chi connectivity index (χ0v) is 12.5. The van der Waals surface area contributed by atoms with Crippen molar-refractivity contribution >= 4 is 17.4 Å². The molecule has 5 heteroatoms. The number of Topliss-reactive ketones (excluding diaryl/α,β-unsaturated/α-hetero) is 1. The first kappa shape index (κ1) is 15.4. The molecule has 2 rings (SSSR count). The van der Waals surface area contributed by atoms with Gasteiger partial charge in [0.1, 0.15) is 0 Å². The predicted molar refractivity (Wildman–Crippen MR) is 80.3 cm³/mol. The van der Waals surface area contributed by atoms with Crippen LogP contribution in [-0.4, -0.2) is 54.6 Å². The van der Waals surface area contributed by atoms with Crippen LogP contribution in [0.25, 0.3) is 0 Å². The first-order chi connectivity index (χ1) is 9.48. The fourth-order valence-corrected chi connectivity index (χ4v) is 2.48. The van der Waals surface area contributed by atoms with Crippen molar-refractivity contribution in [1.82, 2.24) is 10.2 Å². The molecule has 1 aliphatic rings. The highest BCUT2D eigenvalue weighted by atomic mass is 35.5. The van der Waals surface area contributed by atoms with Crippen LogP contribution in [0.3, 0.4) is 0 Å². The normalized spacial score (nSPS) is 18.9. The molecular weight excluding hydrogens is 276 g/mol. The van der Waals surface area contributed by atoms with Crippen LogP contribution in [0.1, 0.15) is 23.2 Å². The van der Waals surface area contributed by atoms with E-state index < -0.39 is 5.60 Å². The van der Waals surface area contributed by atoms with Crippen molar-refractivity contribution in [2.75, 3.05) is 33.2 Å². The Kier molecular flexibility index (Phi) is 5.16. The summed E-state index contributed by atoms with van der Waals surface area (Å²) in [5.74, 6) is 0.0122. The van der Waals surface area contributed by atoms with Crippen molar-refractivity contribution in [3.63, 3.8) is 0 Å². The van der Waals surface area contributed by atoms with Crippen LogP contribution in [-0.2, 0) is 0 Å². The van der Waals surface area contributed by atoms with Gasteiger partial charge < -0.3 is 15.3 Å². The van der Waals surface area contributed by atoms with E-state index in [2.05, 4.69) is 17.3 Å². The van der Waals surface area contributed by atoms with Gasteiger partial charge in [-0.1, -0.05) is 11.6 Å². The largest absolute Gasteiger partial charge is 0.388 e. The first-order valence-corrected chi connectivity index (χ1v) is 7.27. The minimum Gasteiger partial charge on any atom is -0.388 e. The maximum absolute atomic E-state index is 12.0. The molecule has 1 saturated heterocycles. The van der Waals surface area contributed by atoms with Gasteiger partial charge in [0.2, 0.25) is 0 Å². The van der Waals surface area contributed by atoms with Crippen LogP contribution in [0.5, 0.6) is 0 Å². The molecule has 1 aromatic carbocycles. The molecule has 2 N–H and O–H groups in total. The molecule has 20 heavy (non-hydrogen) atoms. The number of likely N-dealkylation sites (tertiary alicyclic amines) is 1. The van der Waals surface area contributed by atoms with Gasteiger partial charge in [0, 0.05) is 30.2 Å². The third-order valence-electron chi connectivity index (χ3n) is 3.82. The van der Waals surface area contributed by atoms with E-state index in [1.807, 2.05) is 0 Å². The molecule has 0 saturated carbocycles. The van der Waals surface area contributed by atoms with Crippen molar-refractivity contribution in [2.45, 2.75) is 18.4 Å². The first-order valence-electron chi connectivity index (χ1n) is 6.89. The van der Waals surface area contributed by atoms with Crippen molar-refractivity contribution in [3.05, 3.63) is 34.9 Å². The average Bonchev–Trinajstić information content (AvgIpc) is 2.43. The van der Waals surface area contributed by atoms with E-state index in [0.29, 0.717) is 17.1 Å². The second kappa shape index (κ2) is 6.68. The molecule has 110 valence electrons. The van der Waals surface area contributed by atoms with Crippen molar-refractivity contribution < 1.29 is 9.90 Å². The summed E-state index contributed by atoms with van der Waals surface area (Å²) in [5.41, 5.74) is -0.0514. The number of halogens is 1. The predicted octanol–water partition coefficient (Wildman–Crippen LogP) is 1.57. The SMILES string of the molecule is CN1CCC(O)(CNCC(=O)c2ccc(Cl)cc2)CC1. The molecular formula is C15H21ClN2O2. The Bertz CT molecular complexity index is 453. The Morgan fingerprint density at radius 2 is 1.95 bits per heavy atom. The second-order valence-corrected chi connectivity index (χ2v) is 6.00. The minimum atomic E-state index is -0.688. The lowest BCUT2D eigenvalue weighted by atomic mass is 9.91. The molecule has 1 aromatic rings. The average molecular weight is 297 g/mol. The van der Waals surface area contributed by atoms with E-state index in [9.17, 15) is 9.90 Å². The van der Waals surface area contributed by atoms with Crippen LogP contribution < -0.4 is 5.32 Å². The number of nitrogens with zero attached hydrogens (tertiary/aromatic N) is 1. The Hall–Kier alpha value is -0.940. The van der Waals surface area contributed by atoms with Crippen LogP contribution in [0, 0.1) is 0 Å². The molecule has 0 bridgehead atoms. The van der Waals surface area contributed by atoms with E-state index in [1.165, 1.54) is 0 Å². The van der Waals surface area contributed by atoms with Gasteiger partial charge in [0.25, 0.3) is 0 Å². The maximum atomic E-state index is 12.0. The van der Waals surface area contributed by atoms with E-state index >= 15 is 0 Å². The van der Waals surface area contributed by atoms with E-state index in [0.717, 1.165) is 25.9 Å². The van der Waals surface area contributed by atoms with E-state index in [4.69, 9.17) is 11.6 Å². The summed E-state index contributed by atoms with van der Waals surface area (Å²) in [6.07, 6.45) is 1.48. The molecule has 0 atom stereocenters. The molecule has 4 nitrogen and oxygen atoms in total. The van der Waals surface area contributed by atoms with Crippen molar-refractivity contribution in [1.29, 1.82) is 0 Å². The third-order valence-corrected chi connectivity index (χ3v) is 4.08. The molecule has 1 heterocycles. The van der Waals surface area contributed by atoms with Gasteiger partial charge in [0.15, 0.2) is 5.78 Å². The number of carbonyl (C=O) groups excluding carboxylic acids is 1. The Morgan fingerprint density at radius 3 is 2.55 bits per heavy atom. The highest BCUT2D eigenvalue weighted by Gasteiger charge is 2.30. The molecule has 0 aromatic heterocycles. The Morgan fingerprint density at radius 1 is 1.35 bits per heavy atom. The van der Waals surface area contributed by atoms with Gasteiger partial charge in [-0.25, -0.2) is 0 Å². The van der Waals surface area contributed by atoms with Crippen LogP contribution >= 0.6 is 11.6 Å². The summed E-state index contributed by atoms with van der Waals surface area (Å²) in [5, 5.41) is 14.1. The summed E-state index contributed by atoms with van der Waals surface area (Å²) < 4.78 is 0. The quantitative estimate of drug-likeness (QED) is 0.810. The number of nitrogens with one attached hydrogen (secondary N) is 1. The monoisotopic (exact) mass is 296 g/mol. The summed E-state index contributed by atoms with van der Waals surface area (Å²) in [4.78, 5) is 14.2. The van der Waals surface area contributed by atoms with Crippen molar-refractivity contribution in [3.8, 4) is 0 Å². The fourth-order valence-electron chi connectivity index (χ4n) is 2.36. The molecule has 0 amide bonds. The van der Waals surface area contributed by atoms with E-state index in [1.54, 1.807) is 24.3 Å². The maximum Gasteiger partial charge on any atom is 0.176 e. The zero-order valence-electron chi connectivity index (χ0n) is 11.7. The summed E-state index contributed by atoms with van der Waals surface area (Å²) in [6, 6.07) is 6.85. The molecule has 1 fully saturated rings. The van der Waals surface area contributed by atoms with Gasteiger partial charge in [-0.3, -0.25) is 4.79 Å². The third kappa shape index (κ3) is 4.28. The standard InChI is InChI=1S/C15H21ClN2O2/c1-18-8-6-15(20,7-9-18)11-17-10-14(19)12-2-4-13(16)5-3-12/h2-5,17,20H,6-11H2,1H3. The fraction of sp³-hybridized carbons (Fsp3) is 0.533. The molecule has 1 aliphatic heterocycles. The highest BCUT2D eigenvalue weighted by Crippen LogP contribution is 2.20. The Labute approximate surface area is 124 Å². The summed E-state index contributed by atoms with van der Waals surface area (Å²) in [7, 11) is 2.05. The smallest absolute Gasteiger partial charge is 0.176 e. The number of ketones is 1. The number of hydrogen-bond acceptors (Lipinski definition) is 4. The lowest BCUT2D eigenvalue weighted by Gasteiger charge is -2.36. The zero-order chi connectivity index (χ0) is 14.6. The van der Waals surface area contributed by atoms with Gasteiger partial charge in [-0.05, 0) is 44.2 Å². The lowest BCUT2D eigenvalue weighted by Crippen LogP contribution is -2.49. The van der Waals surface area contributed by atoms with Gasteiger partial charge in [-0.15, -0.1) is 0 Å².